The third-order valence-corrected chi connectivity index (χ3v) is 6.55. The van der Waals surface area contributed by atoms with Crippen molar-refractivity contribution in [1.29, 1.82) is 0 Å². The molecule has 1 saturated heterocycles. The number of carbonyl (C=O) groups is 1. The highest BCUT2D eigenvalue weighted by atomic mass is 16.5. The lowest BCUT2D eigenvalue weighted by Gasteiger charge is -2.36. The van der Waals surface area contributed by atoms with Gasteiger partial charge in [0.05, 0.1) is 18.4 Å². The molecule has 172 valence electrons. The fourth-order valence-electron chi connectivity index (χ4n) is 4.83. The quantitative estimate of drug-likeness (QED) is 0.678. The number of aromatic nitrogens is 2. The molecule has 1 aliphatic carbocycles. The molecule has 32 heavy (non-hydrogen) atoms. The summed E-state index contributed by atoms with van der Waals surface area (Å²) in [5, 5.41) is 3.07. The van der Waals surface area contributed by atoms with Crippen LogP contribution in [0.1, 0.15) is 61.5 Å². The van der Waals surface area contributed by atoms with Crippen LogP contribution in [-0.2, 0) is 6.42 Å². The Morgan fingerprint density at radius 2 is 1.97 bits per heavy atom. The van der Waals surface area contributed by atoms with Crippen molar-refractivity contribution in [1.82, 2.24) is 20.2 Å². The Morgan fingerprint density at radius 1 is 1.19 bits per heavy atom. The van der Waals surface area contributed by atoms with E-state index in [2.05, 4.69) is 20.2 Å². The highest BCUT2D eigenvalue weighted by Crippen LogP contribution is 2.30. The summed E-state index contributed by atoms with van der Waals surface area (Å²) < 4.78 is 11.7. The first-order valence-electron chi connectivity index (χ1n) is 11.8. The number of amides is 1. The first-order valence-corrected chi connectivity index (χ1v) is 11.8. The third kappa shape index (κ3) is 5.76. The number of carbonyl (C=O) groups excluding carboxylic acids is 1. The number of rotatable bonds is 8. The Kier molecular flexibility index (Phi) is 7.58. The van der Waals surface area contributed by atoms with Crippen LogP contribution in [0.5, 0.6) is 11.5 Å². The first-order chi connectivity index (χ1) is 15.6. The van der Waals surface area contributed by atoms with Crippen LogP contribution < -0.4 is 14.8 Å². The van der Waals surface area contributed by atoms with Gasteiger partial charge in [-0.05, 0) is 50.8 Å². The van der Waals surface area contributed by atoms with Gasteiger partial charge in [-0.15, -0.1) is 0 Å². The van der Waals surface area contributed by atoms with E-state index in [9.17, 15) is 4.79 Å². The summed E-state index contributed by atoms with van der Waals surface area (Å²) in [6, 6.07) is 6.13. The van der Waals surface area contributed by atoms with Crippen LogP contribution in [0.15, 0.2) is 36.8 Å². The molecule has 0 unspecified atom stereocenters. The van der Waals surface area contributed by atoms with Crippen molar-refractivity contribution in [3.05, 3.63) is 48.0 Å². The zero-order valence-corrected chi connectivity index (χ0v) is 19.1. The number of likely N-dealkylation sites (tertiary alicyclic amines) is 1. The molecule has 1 amide bonds. The summed E-state index contributed by atoms with van der Waals surface area (Å²) in [5.41, 5.74) is 1.35. The molecule has 7 heteroatoms. The molecule has 1 aliphatic heterocycles. The van der Waals surface area contributed by atoms with E-state index in [0.29, 0.717) is 23.5 Å². The lowest BCUT2D eigenvalue weighted by atomic mass is 10.0. The number of hydrogen-bond donors (Lipinski definition) is 1. The average molecular weight is 439 g/mol. The number of ether oxygens (including phenoxy) is 2. The van der Waals surface area contributed by atoms with Crippen LogP contribution in [0.3, 0.4) is 0 Å². The summed E-state index contributed by atoms with van der Waals surface area (Å²) in [5.74, 6) is 1.09. The van der Waals surface area contributed by atoms with Gasteiger partial charge in [0.2, 0.25) is 0 Å². The van der Waals surface area contributed by atoms with Gasteiger partial charge in [0.1, 0.15) is 17.6 Å². The molecule has 0 radical (unpaired) electrons. The Labute approximate surface area is 190 Å². The number of hydrogen-bond acceptors (Lipinski definition) is 6. The molecule has 2 heterocycles. The molecule has 1 N–H and O–H groups in total. The van der Waals surface area contributed by atoms with Gasteiger partial charge in [0.15, 0.2) is 0 Å². The van der Waals surface area contributed by atoms with Crippen LogP contribution in [0.2, 0.25) is 0 Å². The van der Waals surface area contributed by atoms with Crippen molar-refractivity contribution < 1.29 is 14.3 Å². The van der Waals surface area contributed by atoms with E-state index in [1.165, 1.54) is 25.7 Å². The predicted molar refractivity (Wildman–Crippen MR) is 123 cm³/mol. The van der Waals surface area contributed by atoms with Crippen molar-refractivity contribution in [3.8, 4) is 11.5 Å². The molecule has 1 atom stereocenters. The highest BCUT2D eigenvalue weighted by Gasteiger charge is 2.28. The maximum atomic E-state index is 13.1. The number of piperidine rings is 1. The largest absolute Gasteiger partial charge is 0.497 e. The van der Waals surface area contributed by atoms with Gasteiger partial charge >= 0.3 is 0 Å². The molecule has 1 aromatic carbocycles. The molecule has 7 nitrogen and oxygen atoms in total. The minimum absolute atomic E-state index is 0.0899. The van der Waals surface area contributed by atoms with E-state index >= 15 is 0 Å². The molecule has 2 fully saturated rings. The maximum Gasteiger partial charge on any atom is 0.255 e. The topological polar surface area (TPSA) is 76.6 Å². The van der Waals surface area contributed by atoms with Crippen LogP contribution in [-0.4, -0.2) is 59.2 Å². The number of methoxy groups -OCH3 is 1. The zero-order valence-electron chi connectivity index (χ0n) is 19.1. The van der Waals surface area contributed by atoms with Gasteiger partial charge in [-0.3, -0.25) is 14.8 Å². The third-order valence-electron chi connectivity index (χ3n) is 6.55. The van der Waals surface area contributed by atoms with Gasteiger partial charge in [0.25, 0.3) is 5.91 Å². The standard InChI is InChI=1S/C25H34N4O3/c1-18(15-19-17-26-11-12-27-19)28-25(30)23-16-22(31-2)7-8-24(23)32-21-9-13-29(14-10-21)20-5-3-4-6-20/h7-8,11-12,16-18,20-21H,3-6,9-10,13-15H2,1-2H3,(H,28,30)/t18-/m1/s1. The smallest absolute Gasteiger partial charge is 0.255 e. The minimum Gasteiger partial charge on any atom is -0.497 e. The molecule has 1 aromatic heterocycles. The van der Waals surface area contributed by atoms with E-state index in [-0.39, 0.29) is 18.1 Å². The minimum atomic E-state index is -0.168. The van der Waals surface area contributed by atoms with Crippen LogP contribution in [0, 0.1) is 0 Å². The molecule has 4 rings (SSSR count). The van der Waals surface area contributed by atoms with Crippen molar-refractivity contribution >= 4 is 5.91 Å². The first kappa shape index (κ1) is 22.5. The number of benzene rings is 1. The maximum absolute atomic E-state index is 13.1. The zero-order chi connectivity index (χ0) is 22.3. The van der Waals surface area contributed by atoms with Gasteiger partial charge < -0.3 is 19.7 Å². The van der Waals surface area contributed by atoms with Crippen molar-refractivity contribution in [2.45, 2.75) is 70.1 Å². The summed E-state index contributed by atoms with van der Waals surface area (Å²) >= 11 is 0. The second-order valence-corrected chi connectivity index (χ2v) is 8.93. The van der Waals surface area contributed by atoms with E-state index in [0.717, 1.165) is 37.7 Å². The molecule has 2 aliphatic rings. The summed E-state index contributed by atoms with van der Waals surface area (Å²) in [6.07, 6.45) is 13.1. The van der Waals surface area contributed by atoms with Crippen LogP contribution in [0.25, 0.3) is 0 Å². The molecule has 1 saturated carbocycles. The predicted octanol–water partition coefficient (Wildman–Crippen LogP) is 3.63. The van der Waals surface area contributed by atoms with E-state index in [1.54, 1.807) is 31.8 Å². The molecule has 0 spiro atoms. The number of nitrogens with zero attached hydrogens (tertiary/aromatic N) is 3. The molecular weight excluding hydrogens is 404 g/mol. The SMILES string of the molecule is COc1ccc(OC2CCN(C3CCCC3)CC2)c(C(=O)N[C@H](C)Cc2cnccn2)c1. The Hall–Kier alpha value is -2.67. The summed E-state index contributed by atoms with van der Waals surface area (Å²) in [7, 11) is 1.60. The highest BCUT2D eigenvalue weighted by molar-refractivity contribution is 5.97. The Morgan fingerprint density at radius 3 is 2.66 bits per heavy atom. The summed E-state index contributed by atoms with van der Waals surface area (Å²) in [6.45, 7) is 4.11. The van der Waals surface area contributed by atoms with Crippen molar-refractivity contribution in [2.24, 2.45) is 0 Å². The van der Waals surface area contributed by atoms with E-state index < -0.39 is 0 Å². The molecular formula is C25H34N4O3. The normalized spacial score (nSPS) is 18.9. The lowest BCUT2D eigenvalue weighted by molar-refractivity contribution is 0.0748. The van der Waals surface area contributed by atoms with Gasteiger partial charge in [-0.2, -0.15) is 0 Å². The Balaban J connectivity index is 1.39. The number of nitrogens with one attached hydrogen (secondary N) is 1. The fraction of sp³-hybridized carbons (Fsp3) is 0.560. The van der Waals surface area contributed by atoms with Gasteiger partial charge in [-0.1, -0.05) is 12.8 Å². The fourth-order valence-corrected chi connectivity index (χ4v) is 4.83. The second kappa shape index (κ2) is 10.8. The van der Waals surface area contributed by atoms with Crippen molar-refractivity contribution in [3.63, 3.8) is 0 Å². The Bertz CT molecular complexity index is 878. The lowest BCUT2D eigenvalue weighted by Crippen LogP contribution is -2.43. The van der Waals surface area contributed by atoms with Crippen LogP contribution >= 0.6 is 0 Å². The van der Waals surface area contributed by atoms with Crippen LogP contribution in [0.4, 0.5) is 0 Å². The second-order valence-electron chi connectivity index (χ2n) is 8.93. The van der Waals surface area contributed by atoms with Gasteiger partial charge in [-0.25, -0.2) is 0 Å². The van der Waals surface area contributed by atoms with Crippen molar-refractivity contribution in [2.75, 3.05) is 20.2 Å². The summed E-state index contributed by atoms with van der Waals surface area (Å²) in [4.78, 5) is 24.1. The van der Waals surface area contributed by atoms with Gasteiger partial charge in [0, 0.05) is 50.2 Å². The van der Waals surface area contributed by atoms with E-state index in [1.807, 2.05) is 19.1 Å². The van der Waals surface area contributed by atoms with E-state index in [4.69, 9.17) is 9.47 Å². The molecule has 0 bridgehead atoms. The molecule has 2 aromatic rings. The monoisotopic (exact) mass is 438 g/mol. The average Bonchev–Trinajstić information content (AvgIpc) is 3.35.